The number of methoxy groups -OCH3 is 1. The van der Waals surface area contributed by atoms with E-state index in [1.54, 1.807) is 19.2 Å². The number of halogens is 1. The molecule has 0 spiro atoms. The normalized spacial score (nSPS) is 14.6. The molecule has 2 unspecified atom stereocenters. The van der Waals surface area contributed by atoms with Gasteiger partial charge in [0.15, 0.2) is 0 Å². The van der Waals surface area contributed by atoms with Gasteiger partial charge in [-0.05, 0) is 19.4 Å². The number of benzene rings is 1. The first kappa shape index (κ1) is 16.1. The third-order valence-electron chi connectivity index (χ3n) is 3.53. The minimum Gasteiger partial charge on any atom is -0.383 e. The van der Waals surface area contributed by atoms with E-state index in [0.29, 0.717) is 24.8 Å². The summed E-state index contributed by atoms with van der Waals surface area (Å²) in [5.41, 5.74) is 6.72. The summed E-state index contributed by atoms with van der Waals surface area (Å²) in [6.07, 6.45) is 1.04. The van der Waals surface area contributed by atoms with E-state index in [1.165, 1.54) is 6.07 Å². The molecule has 0 aliphatic carbocycles. The van der Waals surface area contributed by atoms with Gasteiger partial charge in [-0.15, -0.1) is 0 Å². The lowest BCUT2D eigenvalue weighted by molar-refractivity contribution is 0.118. The van der Waals surface area contributed by atoms with E-state index in [-0.39, 0.29) is 11.9 Å². The van der Waals surface area contributed by atoms with Gasteiger partial charge in [0.2, 0.25) is 0 Å². The summed E-state index contributed by atoms with van der Waals surface area (Å²) >= 11 is 0. The molecule has 0 saturated heterocycles. The van der Waals surface area contributed by atoms with Gasteiger partial charge in [-0.1, -0.05) is 25.1 Å². The summed E-state index contributed by atoms with van der Waals surface area (Å²) in [4.78, 5) is 2.25. The summed E-state index contributed by atoms with van der Waals surface area (Å²) in [7, 11) is 1.69. The predicted octanol–water partition coefficient (Wildman–Crippen LogP) is 2.57. The van der Waals surface area contributed by atoms with Crippen molar-refractivity contribution < 1.29 is 9.13 Å². The second kappa shape index (κ2) is 8.25. The molecule has 4 heteroatoms. The van der Waals surface area contributed by atoms with E-state index in [2.05, 4.69) is 18.7 Å². The van der Waals surface area contributed by atoms with Crippen molar-refractivity contribution in [2.45, 2.75) is 32.4 Å². The molecule has 108 valence electrons. The van der Waals surface area contributed by atoms with E-state index in [0.717, 1.165) is 13.0 Å². The molecule has 0 fully saturated rings. The summed E-state index contributed by atoms with van der Waals surface area (Å²) < 4.78 is 18.8. The molecule has 2 N–H and O–H groups in total. The van der Waals surface area contributed by atoms with Crippen molar-refractivity contribution in [1.82, 2.24) is 4.90 Å². The van der Waals surface area contributed by atoms with Gasteiger partial charge in [0.25, 0.3) is 0 Å². The van der Waals surface area contributed by atoms with E-state index < -0.39 is 0 Å². The second-order valence-corrected chi connectivity index (χ2v) is 4.87. The molecule has 0 radical (unpaired) electrons. The molecule has 0 amide bonds. The van der Waals surface area contributed by atoms with Crippen molar-refractivity contribution >= 4 is 0 Å². The van der Waals surface area contributed by atoms with Gasteiger partial charge >= 0.3 is 0 Å². The van der Waals surface area contributed by atoms with Gasteiger partial charge in [0.1, 0.15) is 5.82 Å². The first-order valence-electron chi connectivity index (χ1n) is 6.83. The van der Waals surface area contributed by atoms with Crippen LogP contribution in [0.4, 0.5) is 4.39 Å². The zero-order chi connectivity index (χ0) is 14.3. The molecule has 1 aromatic rings. The Bertz CT molecular complexity index is 373. The number of nitrogens with two attached hydrogens (primary N) is 1. The highest BCUT2D eigenvalue weighted by atomic mass is 19.1. The van der Waals surface area contributed by atoms with Gasteiger partial charge < -0.3 is 10.5 Å². The van der Waals surface area contributed by atoms with Crippen LogP contribution in [-0.2, 0) is 4.74 Å². The summed E-state index contributed by atoms with van der Waals surface area (Å²) in [5.74, 6) is -0.231. The van der Waals surface area contributed by atoms with Crippen LogP contribution in [0.25, 0.3) is 0 Å². The average molecular weight is 268 g/mol. The fourth-order valence-corrected chi connectivity index (χ4v) is 2.09. The number of hydrogen-bond donors (Lipinski definition) is 1. The number of nitrogens with zero attached hydrogens (tertiary/aromatic N) is 1. The minimum atomic E-state index is -0.313. The lowest BCUT2D eigenvalue weighted by Gasteiger charge is -2.30. The fourth-order valence-electron chi connectivity index (χ4n) is 2.09. The number of hydrogen-bond acceptors (Lipinski definition) is 3. The van der Waals surface area contributed by atoms with Crippen LogP contribution in [0.2, 0.25) is 0 Å². The van der Waals surface area contributed by atoms with Crippen molar-refractivity contribution in [3.63, 3.8) is 0 Å². The summed E-state index contributed by atoms with van der Waals surface area (Å²) in [6, 6.07) is 6.81. The molecule has 0 aliphatic heterocycles. The van der Waals surface area contributed by atoms with Gasteiger partial charge in [-0.25, -0.2) is 4.39 Å². The Kier molecular flexibility index (Phi) is 6.99. The Morgan fingerprint density at radius 1 is 1.37 bits per heavy atom. The van der Waals surface area contributed by atoms with Crippen LogP contribution in [0.3, 0.4) is 0 Å². The van der Waals surface area contributed by atoms with Crippen molar-refractivity contribution in [3.8, 4) is 0 Å². The lowest BCUT2D eigenvalue weighted by atomic mass is 10.1. The molecule has 0 heterocycles. The molecular formula is C15H25FN2O. The van der Waals surface area contributed by atoms with Crippen LogP contribution in [0.5, 0.6) is 0 Å². The Balaban J connectivity index is 2.70. The zero-order valence-electron chi connectivity index (χ0n) is 12.1. The average Bonchev–Trinajstić information content (AvgIpc) is 2.42. The van der Waals surface area contributed by atoms with Crippen LogP contribution in [0.1, 0.15) is 31.9 Å². The smallest absolute Gasteiger partial charge is 0.128 e. The Morgan fingerprint density at radius 2 is 2.05 bits per heavy atom. The standard InChI is InChI=1S/C15H25FN2O/c1-4-12(2)18(9-10-19-3)11-15(17)13-7-5-6-8-14(13)16/h5-8,12,15H,4,9-11,17H2,1-3H3. The quantitative estimate of drug-likeness (QED) is 0.787. The van der Waals surface area contributed by atoms with Gasteiger partial charge in [-0.3, -0.25) is 4.90 Å². The van der Waals surface area contributed by atoms with Crippen molar-refractivity contribution in [3.05, 3.63) is 35.6 Å². The van der Waals surface area contributed by atoms with E-state index >= 15 is 0 Å². The summed E-state index contributed by atoms with van der Waals surface area (Å²) in [6.45, 7) is 6.41. The largest absolute Gasteiger partial charge is 0.383 e. The molecule has 3 nitrogen and oxygen atoms in total. The highest BCUT2D eigenvalue weighted by Crippen LogP contribution is 2.17. The highest BCUT2D eigenvalue weighted by Gasteiger charge is 2.18. The van der Waals surface area contributed by atoms with Gasteiger partial charge in [0, 0.05) is 37.8 Å². The van der Waals surface area contributed by atoms with Crippen LogP contribution in [-0.4, -0.2) is 37.7 Å². The lowest BCUT2D eigenvalue weighted by Crippen LogP contribution is -2.40. The molecule has 0 saturated carbocycles. The number of ether oxygens (including phenoxy) is 1. The molecule has 1 aromatic carbocycles. The monoisotopic (exact) mass is 268 g/mol. The first-order chi connectivity index (χ1) is 9.10. The van der Waals surface area contributed by atoms with Crippen molar-refractivity contribution in [2.24, 2.45) is 5.73 Å². The fraction of sp³-hybridized carbons (Fsp3) is 0.600. The van der Waals surface area contributed by atoms with Crippen molar-refractivity contribution in [2.75, 3.05) is 26.8 Å². The molecule has 0 bridgehead atoms. The van der Waals surface area contributed by atoms with Crippen LogP contribution >= 0.6 is 0 Å². The predicted molar refractivity (Wildman–Crippen MR) is 76.5 cm³/mol. The van der Waals surface area contributed by atoms with E-state index in [4.69, 9.17) is 10.5 Å². The SMILES string of the molecule is CCC(C)N(CCOC)CC(N)c1ccccc1F. The third kappa shape index (κ3) is 4.90. The Hall–Kier alpha value is -0.970. The maximum Gasteiger partial charge on any atom is 0.128 e. The molecule has 0 aromatic heterocycles. The van der Waals surface area contributed by atoms with Crippen LogP contribution in [0.15, 0.2) is 24.3 Å². The molecular weight excluding hydrogens is 243 g/mol. The maximum atomic E-state index is 13.7. The maximum absolute atomic E-state index is 13.7. The second-order valence-electron chi connectivity index (χ2n) is 4.87. The Labute approximate surface area is 115 Å². The third-order valence-corrected chi connectivity index (χ3v) is 3.53. The highest BCUT2D eigenvalue weighted by molar-refractivity contribution is 5.21. The first-order valence-corrected chi connectivity index (χ1v) is 6.83. The van der Waals surface area contributed by atoms with Crippen LogP contribution in [0, 0.1) is 5.82 Å². The van der Waals surface area contributed by atoms with Gasteiger partial charge in [0.05, 0.1) is 6.61 Å². The topological polar surface area (TPSA) is 38.5 Å². The molecule has 0 aliphatic rings. The summed E-state index contributed by atoms with van der Waals surface area (Å²) in [5, 5.41) is 0. The van der Waals surface area contributed by atoms with Gasteiger partial charge in [-0.2, -0.15) is 0 Å². The van der Waals surface area contributed by atoms with E-state index in [1.807, 2.05) is 6.07 Å². The molecule has 1 rings (SSSR count). The molecule has 19 heavy (non-hydrogen) atoms. The van der Waals surface area contributed by atoms with Crippen LogP contribution < -0.4 is 5.73 Å². The van der Waals surface area contributed by atoms with E-state index in [9.17, 15) is 4.39 Å². The number of rotatable bonds is 8. The molecule has 2 atom stereocenters. The Morgan fingerprint density at radius 3 is 2.63 bits per heavy atom. The minimum absolute atomic E-state index is 0.231. The zero-order valence-corrected chi connectivity index (χ0v) is 12.1. The van der Waals surface area contributed by atoms with Crippen molar-refractivity contribution in [1.29, 1.82) is 0 Å².